The first-order valence-corrected chi connectivity index (χ1v) is 21.5. The highest BCUT2D eigenvalue weighted by Gasteiger charge is 2.35. The molecule has 2 aromatic heterocycles. The van der Waals surface area contributed by atoms with Gasteiger partial charge in [0.25, 0.3) is 0 Å². The topological polar surface area (TPSA) is 13.1 Å². The minimum absolute atomic E-state index is 0.165. The van der Waals surface area contributed by atoms with E-state index in [2.05, 4.69) is 252 Å². The van der Waals surface area contributed by atoms with Crippen LogP contribution >= 0.6 is 0 Å². The number of hydrogen-bond donors (Lipinski definition) is 0. The van der Waals surface area contributed by atoms with Crippen LogP contribution in [0.4, 0.5) is 17.1 Å². The Labute approximate surface area is 362 Å². The van der Waals surface area contributed by atoms with Crippen molar-refractivity contribution in [3.63, 3.8) is 0 Å². The van der Waals surface area contributed by atoms with E-state index in [0.717, 1.165) is 22.7 Å². The third kappa shape index (κ3) is 5.66. The molecule has 0 unspecified atom stereocenters. The van der Waals surface area contributed by atoms with Gasteiger partial charge in [0.05, 0.1) is 16.6 Å². The highest BCUT2D eigenvalue weighted by atomic mass is 15.1. The molecule has 3 nitrogen and oxygen atoms in total. The van der Waals surface area contributed by atoms with Gasteiger partial charge in [-0.3, -0.25) is 0 Å². The minimum Gasteiger partial charge on any atom is -0.316 e. The fraction of sp³-hybridized carbons (Fsp3) is 0.0508. The number of benzene rings is 9. The van der Waals surface area contributed by atoms with E-state index in [1.54, 1.807) is 0 Å². The Morgan fingerprint density at radius 1 is 0.371 bits per heavy atom. The zero-order chi connectivity index (χ0) is 41.4. The molecule has 9 aromatic carbocycles. The van der Waals surface area contributed by atoms with Crippen molar-refractivity contribution in [3.8, 4) is 44.8 Å². The van der Waals surface area contributed by atoms with Crippen molar-refractivity contribution in [2.45, 2.75) is 19.3 Å². The molecule has 1 aliphatic heterocycles. The van der Waals surface area contributed by atoms with E-state index in [1.165, 1.54) is 82.9 Å². The lowest BCUT2D eigenvalue weighted by molar-refractivity contribution is 0.629. The van der Waals surface area contributed by atoms with Crippen LogP contribution in [0.2, 0.25) is 0 Å². The molecule has 0 atom stereocenters. The smallest absolute Gasteiger partial charge is 0.0635 e. The summed E-state index contributed by atoms with van der Waals surface area (Å²) in [4.78, 5) is 2.35. The Bertz CT molecular complexity index is 3350. The number of hydrogen-bond acceptors (Lipinski definition) is 1. The Balaban J connectivity index is 0.986. The maximum absolute atomic E-state index is 2.49. The summed E-state index contributed by atoms with van der Waals surface area (Å²) in [5, 5.41) is 3.81. The van der Waals surface area contributed by atoms with E-state index in [4.69, 9.17) is 0 Å². The third-order valence-electron chi connectivity index (χ3n) is 13.1. The van der Waals surface area contributed by atoms with Gasteiger partial charge < -0.3 is 14.0 Å². The second-order valence-electron chi connectivity index (χ2n) is 17.0. The SMILES string of the molecule is CC1(C)c2ccccc2-n2ccc3c2c1cc1c2cc(-c4ccc(N(c5ccc(-c6ccccc6)cc5)c5ccc(-c6ccccc6)cc5)cc4)ccc2n(-c2ccccc2)c13. The fourth-order valence-corrected chi connectivity index (χ4v) is 10.0. The summed E-state index contributed by atoms with van der Waals surface area (Å²) in [6, 6.07) is 79.6. The van der Waals surface area contributed by atoms with Gasteiger partial charge in [-0.15, -0.1) is 0 Å². The molecular weight excluding hydrogens is 751 g/mol. The normalized spacial score (nSPS) is 12.8. The second kappa shape index (κ2) is 14.1. The van der Waals surface area contributed by atoms with Crippen LogP contribution in [0.25, 0.3) is 77.5 Å². The summed E-state index contributed by atoms with van der Waals surface area (Å²) in [5.74, 6) is 0. The molecule has 1 aliphatic rings. The number of anilines is 3. The zero-order valence-electron chi connectivity index (χ0n) is 34.7. The van der Waals surface area contributed by atoms with Gasteiger partial charge in [-0.2, -0.15) is 0 Å². The molecule has 0 aliphatic carbocycles. The lowest BCUT2D eigenvalue weighted by atomic mass is 9.74. The molecule has 12 rings (SSSR count). The molecule has 0 fully saturated rings. The predicted molar refractivity (Wildman–Crippen MR) is 261 cm³/mol. The zero-order valence-corrected chi connectivity index (χ0v) is 34.7. The number of para-hydroxylation sites is 2. The Morgan fingerprint density at radius 2 is 0.855 bits per heavy atom. The van der Waals surface area contributed by atoms with Crippen LogP contribution in [0, 0.1) is 0 Å². The number of nitrogens with zero attached hydrogens (tertiary/aromatic N) is 3. The predicted octanol–water partition coefficient (Wildman–Crippen LogP) is 15.8. The van der Waals surface area contributed by atoms with E-state index >= 15 is 0 Å². The average Bonchev–Trinajstić information content (AvgIpc) is 3.92. The molecule has 294 valence electrons. The summed E-state index contributed by atoms with van der Waals surface area (Å²) >= 11 is 0. The summed E-state index contributed by atoms with van der Waals surface area (Å²) < 4.78 is 4.88. The van der Waals surface area contributed by atoms with Crippen molar-refractivity contribution in [2.24, 2.45) is 0 Å². The third-order valence-corrected chi connectivity index (χ3v) is 13.1. The summed E-state index contributed by atoms with van der Waals surface area (Å²) in [5.41, 5.74) is 19.2. The molecule has 62 heavy (non-hydrogen) atoms. The first kappa shape index (κ1) is 36.0. The van der Waals surface area contributed by atoms with Crippen molar-refractivity contribution in [1.82, 2.24) is 9.13 Å². The molecule has 0 saturated heterocycles. The van der Waals surface area contributed by atoms with E-state index in [0.29, 0.717) is 0 Å². The van der Waals surface area contributed by atoms with Crippen molar-refractivity contribution in [1.29, 1.82) is 0 Å². The Hall–Kier alpha value is -7.88. The first-order chi connectivity index (χ1) is 30.5. The quantitative estimate of drug-likeness (QED) is 0.157. The van der Waals surface area contributed by atoms with Crippen molar-refractivity contribution >= 4 is 49.8 Å². The van der Waals surface area contributed by atoms with Crippen LogP contribution in [-0.2, 0) is 5.41 Å². The van der Waals surface area contributed by atoms with Crippen LogP contribution < -0.4 is 4.90 Å². The van der Waals surface area contributed by atoms with Gasteiger partial charge in [0.15, 0.2) is 0 Å². The van der Waals surface area contributed by atoms with Crippen molar-refractivity contribution < 1.29 is 0 Å². The molecule has 3 heterocycles. The number of aromatic nitrogens is 2. The monoisotopic (exact) mass is 793 g/mol. The molecule has 0 spiro atoms. The van der Waals surface area contributed by atoms with E-state index in [-0.39, 0.29) is 5.41 Å². The van der Waals surface area contributed by atoms with Crippen molar-refractivity contribution in [2.75, 3.05) is 4.90 Å². The van der Waals surface area contributed by atoms with Gasteiger partial charge in [0.1, 0.15) is 0 Å². The molecule has 11 aromatic rings. The van der Waals surface area contributed by atoms with Gasteiger partial charge >= 0.3 is 0 Å². The average molecular weight is 794 g/mol. The van der Waals surface area contributed by atoms with Gasteiger partial charge in [-0.05, 0) is 123 Å². The maximum Gasteiger partial charge on any atom is 0.0635 e. The largest absolute Gasteiger partial charge is 0.316 e. The second-order valence-corrected chi connectivity index (χ2v) is 17.0. The molecule has 0 saturated carbocycles. The van der Waals surface area contributed by atoms with Crippen LogP contribution in [-0.4, -0.2) is 9.13 Å². The summed E-state index contributed by atoms with van der Waals surface area (Å²) in [6.45, 7) is 4.76. The highest BCUT2D eigenvalue weighted by molar-refractivity contribution is 6.20. The summed E-state index contributed by atoms with van der Waals surface area (Å²) in [7, 11) is 0. The van der Waals surface area contributed by atoms with E-state index < -0.39 is 0 Å². The fourth-order valence-electron chi connectivity index (χ4n) is 10.0. The highest BCUT2D eigenvalue weighted by Crippen LogP contribution is 2.49. The lowest BCUT2D eigenvalue weighted by Gasteiger charge is -2.34. The van der Waals surface area contributed by atoms with Crippen LogP contribution in [0.3, 0.4) is 0 Å². The van der Waals surface area contributed by atoms with Crippen LogP contribution in [0.1, 0.15) is 25.0 Å². The van der Waals surface area contributed by atoms with E-state index in [9.17, 15) is 0 Å². The molecular formula is C59H43N3. The molecule has 0 amide bonds. The first-order valence-electron chi connectivity index (χ1n) is 21.5. The Morgan fingerprint density at radius 3 is 1.44 bits per heavy atom. The van der Waals surface area contributed by atoms with Gasteiger partial charge in [-0.25, -0.2) is 0 Å². The molecule has 0 N–H and O–H groups in total. The van der Waals surface area contributed by atoms with Gasteiger partial charge in [0.2, 0.25) is 0 Å². The standard InChI is InChI=1S/C59H43N3/c1-59(2)53-20-12-13-21-56(53)60-37-36-50-57-52(39-54(59)58(50)60)51-38-45(28-35-55(51)62(57)46-18-10-5-11-19-46)44-26-33-49(34-27-44)61(47-29-22-42(23-30-47)40-14-6-3-7-15-40)48-31-24-43(25-32-48)41-16-8-4-9-17-41/h3-39H,1-2H3. The molecule has 0 bridgehead atoms. The van der Waals surface area contributed by atoms with E-state index in [1.807, 2.05) is 0 Å². The molecule has 3 heteroatoms. The van der Waals surface area contributed by atoms with Gasteiger partial charge in [0, 0.05) is 56.2 Å². The maximum atomic E-state index is 2.49. The van der Waals surface area contributed by atoms with Gasteiger partial charge in [-0.1, -0.05) is 153 Å². The summed E-state index contributed by atoms with van der Waals surface area (Å²) in [6.07, 6.45) is 2.26. The lowest BCUT2D eigenvalue weighted by Crippen LogP contribution is -2.26. The molecule has 0 radical (unpaired) electrons. The van der Waals surface area contributed by atoms with Crippen LogP contribution in [0.15, 0.2) is 225 Å². The number of rotatable bonds is 7. The number of fused-ring (bicyclic) bond motifs is 6. The minimum atomic E-state index is -0.165. The van der Waals surface area contributed by atoms with Crippen LogP contribution in [0.5, 0.6) is 0 Å². The van der Waals surface area contributed by atoms with Crippen molar-refractivity contribution in [3.05, 3.63) is 236 Å². The Kier molecular flexibility index (Phi) is 8.20.